The summed E-state index contributed by atoms with van der Waals surface area (Å²) >= 11 is 0. The smallest absolute Gasteiger partial charge is 0.333 e. The highest BCUT2D eigenvalue weighted by Gasteiger charge is 2.23. The SMILES string of the molecule is C=C(C)C(=O)OCCCCCC[n+]1ccc(C2OCC(CCCCCCCC)CO2)cc1. The minimum atomic E-state index is -0.292. The highest BCUT2D eigenvalue weighted by Crippen LogP contribution is 2.26. The van der Waals surface area contributed by atoms with Crippen molar-refractivity contribution in [2.24, 2.45) is 5.92 Å². The van der Waals surface area contributed by atoms with Gasteiger partial charge in [0.25, 0.3) is 0 Å². The van der Waals surface area contributed by atoms with E-state index in [1.807, 2.05) is 0 Å². The molecule has 1 aliphatic heterocycles. The fourth-order valence-electron chi connectivity index (χ4n) is 3.93. The van der Waals surface area contributed by atoms with Crippen LogP contribution in [0.1, 0.15) is 96.3 Å². The van der Waals surface area contributed by atoms with E-state index in [1.165, 1.54) is 44.9 Å². The van der Waals surface area contributed by atoms with Gasteiger partial charge in [-0.1, -0.05) is 52.0 Å². The van der Waals surface area contributed by atoms with E-state index in [4.69, 9.17) is 14.2 Å². The van der Waals surface area contributed by atoms with Gasteiger partial charge in [0.2, 0.25) is 0 Å². The minimum absolute atomic E-state index is 0.229. The molecule has 1 saturated heterocycles. The largest absolute Gasteiger partial charge is 0.462 e. The molecule has 2 heterocycles. The van der Waals surface area contributed by atoms with Crippen molar-refractivity contribution >= 4 is 5.97 Å². The summed E-state index contributed by atoms with van der Waals surface area (Å²) in [5.74, 6) is 0.246. The number of hydrogen-bond donors (Lipinski definition) is 0. The molecule has 5 nitrogen and oxygen atoms in total. The Balaban J connectivity index is 1.54. The van der Waals surface area contributed by atoms with Gasteiger partial charge in [-0.3, -0.25) is 0 Å². The van der Waals surface area contributed by atoms with Crippen LogP contribution >= 0.6 is 0 Å². The third-order valence-electron chi connectivity index (χ3n) is 6.01. The lowest BCUT2D eigenvalue weighted by Gasteiger charge is -2.29. The molecular weight excluding hydrogens is 402 g/mol. The Kier molecular flexibility index (Phi) is 13.2. The first kappa shape index (κ1) is 26.5. The summed E-state index contributed by atoms with van der Waals surface area (Å²) in [6.45, 7) is 10.6. The van der Waals surface area contributed by atoms with E-state index < -0.39 is 0 Å². The maximum atomic E-state index is 11.3. The molecule has 180 valence electrons. The molecule has 5 heteroatoms. The van der Waals surface area contributed by atoms with Gasteiger partial charge in [0.1, 0.15) is 6.54 Å². The first-order valence-electron chi connectivity index (χ1n) is 12.6. The van der Waals surface area contributed by atoms with Gasteiger partial charge in [0.15, 0.2) is 18.7 Å². The monoisotopic (exact) mass is 446 g/mol. The maximum Gasteiger partial charge on any atom is 0.333 e. The molecule has 1 aromatic rings. The summed E-state index contributed by atoms with van der Waals surface area (Å²) in [7, 11) is 0. The predicted molar refractivity (Wildman–Crippen MR) is 127 cm³/mol. The number of aromatic nitrogens is 1. The van der Waals surface area contributed by atoms with Gasteiger partial charge in [-0.15, -0.1) is 0 Å². The molecule has 1 aliphatic rings. The number of ether oxygens (including phenoxy) is 3. The molecule has 1 aromatic heterocycles. The molecule has 0 atom stereocenters. The minimum Gasteiger partial charge on any atom is -0.462 e. The highest BCUT2D eigenvalue weighted by atomic mass is 16.7. The van der Waals surface area contributed by atoms with Crippen LogP contribution in [0.2, 0.25) is 0 Å². The lowest BCUT2D eigenvalue weighted by Crippen LogP contribution is -2.33. The van der Waals surface area contributed by atoms with Crippen LogP contribution in [0, 0.1) is 5.92 Å². The van der Waals surface area contributed by atoms with E-state index in [0.717, 1.165) is 51.0 Å². The molecule has 2 rings (SSSR count). The maximum absolute atomic E-state index is 11.3. The van der Waals surface area contributed by atoms with E-state index in [1.54, 1.807) is 6.92 Å². The fraction of sp³-hybridized carbons (Fsp3) is 0.704. The number of pyridine rings is 1. The number of esters is 1. The van der Waals surface area contributed by atoms with Crippen LogP contribution in [0.25, 0.3) is 0 Å². The number of rotatable bonds is 16. The molecule has 0 amide bonds. The number of unbranched alkanes of at least 4 members (excludes halogenated alkanes) is 8. The molecule has 0 aromatic carbocycles. The molecule has 0 radical (unpaired) electrons. The molecular formula is C27H44NO4+. The summed E-state index contributed by atoms with van der Waals surface area (Å²) in [5, 5.41) is 0. The predicted octanol–water partition coefficient (Wildman–Crippen LogP) is 6.07. The van der Waals surface area contributed by atoms with Gasteiger partial charge in [-0.2, -0.15) is 0 Å². The Morgan fingerprint density at radius 1 is 1.00 bits per heavy atom. The zero-order chi connectivity index (χ0) is 23.0. The third-order valence-corrected chi connectivity index (χ3v) is 6.01. The molecule has 0 N–H and O–H groups in total. The van der Waals surface area contributed by atoms with Crippen LogP contribution in [0.4, 0.5) is 0 Å². The van der Waals surface area contributed by atoms with Crippen molar-refractivity contribution in [3.63, 3.8) is 0 Å². The van der Waals surface area contributed by atoms with Crippen LogP contribution in [-0.2, 0) is 25.5 Å². The van der Waals surface area contributed by atoms with Crippen molar-refractivity contribution in [3.8, 4) is 0 Å². The number of carbonyl (C=O) groups excluding carboxylic acids is 1. The van der Waals surface area contributed by atoms with Gasteiger partial charge in [-0.25, -0.2) is 9.36 Å². The van der Waals surface area contributed by atoms with Crippen molar-refractivity contribution < 1.29 is 23.6 Å². The number of aryl methyl sites for hydroxylation is 1. The van der Waals surface area contributed by atoms with Crippen LogP contribution in [0.5, 0.6) is 0 Å². The average molecular weight is 447 g/mol. The topological polar surface area (TPSA) is 48.6 Å². The number of nitrogens with zero attached hydrogens (tertiary/aromatic N) is 1. The summed E-state index contributed by atoms with van der Waals surface area (Å²) < 4.78 is 19.3. The molecule has 1 fully saturated rings. The number of hydrogen-bond acceptors (Lipinski definition) is 4. The third kappa shape index (κ3) is 10.7. The molecule has 0 aliphatic carbocycles. The van der Waals surface area contributed by atoms with Crippen molar-refractivity contribution in [2.75, 3.05) is 19.8 Å². The number of carbonyl (C=O) groups is 1. The second-order valence-electron chi connectivity index (χ2n) is 9.12. The Labute approximate surface area is 195 Å². The van der Waals surface area contributed by atoms with E-state index in [0.29, 0.717) is 18.1 Å². The van der Waals surface area contributed by atoms with Crippen molar-refractivity contribution in [1.82, 2.24) is 0 Å². The van der Waals surface area contributed by atoms with Crippen LogP contribution in [0.3, 0.4) is 0 Å². The zero-order valence-corrected chi connectivity index (χ0v) is 20.4. The van der Waals surface area contributed by atoms with Crippen LogP contribution < -0.4 is 4.57 Å². The van der Waals surface area contributed by atoms with E-state index in [2.05, 4.69) is 42.6 Å². The Hall–Kier alpha value is -1.72. The van der Waals surface area contributed by atoms with Crippen LogP contribution in [-0.4, -0.2) is 25.8 Å². The normalized spacial score (nSPS) is 18.4. The standard InChI is InChI=1S/C27H44NO4/c1-4-5-6-7-8-11-14-24-21-31-27(32-22-24)25-15-18-28(19-16-25)17-12-9-10-13-20-30-26(29)23(2)3/h15-16,18-19,24,27H,2,4-14,17,20-22H2,1,3H3/q+1. The summed E-state index contributed by atoms with van der Waals surface area (Å²) in [6, 6.07) is 4.21. The average Bonchev–Trinajstić information content (AvgIpc) is 2.81. The fourth-order valence-corrected chi connectivity index (χ4v) is 3.93. The van der Waals surface area contributed by atoms with Crippen molar-refractivity contribution in [2.45, 2.75) is 97.3 Å². The second kappa shape index (κ2) is 16.0. The van der Waals surface area contributed by atoms with E-state index in [9.17, 15) is 4.79 Å². The quantitative estimate of drug-likeness (QED) is 0.134. The molecule has 0 saturated carbocycles. The van der Waals surface area contributed by atoms with Crippen molar-refractivity contribution in [1.29, 1.82) is 0 Å². The summed E-state index contributed by atoms with van der Waals surface area (Å²) in [5.41, 5.74) is 1.56. The summed E-state index contributed by atoms with van der Waals surface area (Å²) in [4.78, 5) is 11.3. The first-order valence-corrected chi connectivity index (χ1v) is 12.6. The molecule has 0 spiro atoms. The molecule has 0 bridgehead atoms. The summed E-state index contributed by atoms with van der Waals surface area (Å²) in [6.07, 6.45) is 17.4. The first-order chi connectivity index (χ1) is 15.6. The van der Waals surface area contributed by atoms with Crippen LogP contribution in [0.15, 0.2) is 36.7 Å². The van der Waals surface area contributed by atoms with Gasteiger partial charge < -0.3 is 14.2 Å². The van der Waals surface area contributed by atoms with Crippen molar-refractivity contribution in [3.05, 3.63) is 42.2 Å². The highest BCUT2D eigenvalue weighted by molar-refractivity contribution is 5.86. The van der Waals surface area contributed by atoms with Gasteiger partial charge in [-0.05, 0) is 32.6 Å². The second-order valence-corrected chi connectivity index (χ2v) is 9.12. The van der Waals surface area contributed by atoms with E-state index >= 15 is 0 Å². The van der Waals surface area contributed by atoms with Gasteiger partial charge in [0, 0.05) is 35.6 Å². The lowest BCUT2D eigenvalue weighted by atomic mass is 10.0. The Morgan fingerprint density at radius 3 is 2.31 bits per heavy atom. The van der Waals surface area contributed by atoms with Gasteiger partial charge in [0.05, 0.1) is 19.8 Å². The Bertz CT molecular complexity index is 650. The van der Waals surface area contributed by atoms with Gasteiger partial charge >= 0.3 is 5.97 Å². The molecule has 0 unspecified atom stereocenters. The molecule has 32 heavy (non-hydrogen) atoms. The Morgan fingerprint density at radius 2 is 1.62 bits per heavy atom. The zero-order valence-electron chi connectivity index (χ0n) is 20.4. The van der Waals surface area contributed by atoms with E-state index in [-0.39, 0.29) is 12.3 Å². The lowest BCUT2D eigenvalue weighted by molar-refractivity contribution is -0.697.